The number of H-pyrrole nitrogens is 1. The lowest BCUT2D eigenvalue weighted by Gasteiger charge is -2.11. The minimum absolute atomic E-state index is 0.117. The Morgan fingerprint density at radius 2 is 2.22 bits per heavy atom. The maximum absolute atomic E-state index is 12.4. The lowest BCUT2D eigenvalue weighted by atomic mass is 10.0. The van der Waals surface area contributed by atoms with Crippen LogP contribution in [0.4, 0.5) is 11.4 Å². The summed E-state index contributed by atoms with van der Waals surface area (Å²) in [4.78, 5) is 27.1. The van der Waals surface area contributed by atoms with Gasteiger partial charge in [-0.25, -0.2) is 4.98 Å². The van der Waals surface area contributed by atoms with Gasteiger partial charge in [0.15, 0.2) is 0 Å². The van der Waals surface area contributed by atoms with E-state index in [4.69, 9.17) is 11.6 Å². The normalized spacial score (nSPS) is 15.6. The zero-order valence-electron chi connectivity index (χ0n) is 14.8. The summed E-state index contributed by atoms with van der Waals surface area (Å²) in [6.45, 7) is 1.74. The van der Waals surface area contributed by atoms with Gasteiger partial charge in [-0.1, -0.05) is 49.0 Å². The van der Waals surface area contributed by atoms with Crippen molar-refractivity contribution in [2.75, 3.05) is 5.32 Å². The number of aromatic amines is 1. The maximum atomic E-state index is 12.4. The third kappa shape index (κ3) is 5.20. The van der Waals surface area contributed by atoms with Gasteiger partial charge < -0.3 is 5.32 Å². The first-order valence-electron chi connectivity index (χ1n) is 8.75. The van der Waals surface area contributed by atoms with Crippen LogP contribution >= 0.6 is 23.4 Å². The molecule has 0 spiro atoms. The number of rotatable bonds is 7. The van der Waals surface area contributed by atoms with Gasteiger partial charge in [0.2, 0.25) is 11.1 Å². The Bertz CT molecular complexity index is 838. The van der Waals surface area contributed by atoms with Gasteiger partial charge in [-0.15, -0.1) is 5.10 Å². The van der Waals surface area contributed by atoms with E-state index in [1.165, 1.54) is 55.6 Å². The van der Waals surface area contributed by atoms with Crippen molar-refractivity contribution < 1.29 is 9.72 Å². The summed E-state index contributed by atoms with van der Waals surface area (Å²) in [6, 6.07) is 3.92. The van der Waals surface area contributed by atoms with Crippen molar-refractivity contribution in [1.82, 2.24) is 15.2 Å². The fraction of sp³-hybridized carbons (Fsp3) is 0.471. The zero-order chi connectivity index (χ0) is 19.4. The quantitative estimate of drug-likeness (QED) is 0.402. The van der Waals surface area contributed by atoms with Gasteiger partial charge >= 0.3 is 0 Å². The molecule has 1 aromatic heterocycles. The van der Waals surface area contributed by atoms with Crippen LogP contribution in [0.5, 0.6) is 0 Å². The summed E-state index contributed by atoms with van der Waals surface area (Å²) >= 11 is 7.26. The Kier molecular flexibility index (Phi) is 6.33. The molecule has 1 atom stereocenters. The van der Waals surface area contributed by atoms with E-state index in [0.29, 0.717) is 16.8 Å². The van der Waals surface area contributed by atoms with Crippen LogP contribution in [0, 0.1) is 16.0 Å². The molecule has 2 N–H and O–H groups in total. The number of hydrogen-bond acceptors (Lipinski definition) is 6. The molecule has 1 aliphatic rings. The summed E-state index contributed by atoms with van der Waals surface area (Å²) in [7, 11) is 0. The summed E-state index contributed by atoms with van der Waals surface area (Å²) in [6.07, 6.45) is 5.92. The van der Waals surface area contributed by atoms with Crippen LogP contribution in [0.15, 0.2) is 23.4 Å². The Labute approximate surface area is 165 Å². The SMILES string of the molecule is CC(Sc1n[nH]c(CC2CCCC2)n1)C(=O)Nc1ccc([N+](=O)[O-])cc1Cl. The Hall–Kier alpha value is -2.13. The van der Waals surface area contributed by atoms with Crippen molar-refractivity contribution in [3.63, 3.8) is 0 Å². The average Bonchev–Trinajstić information content (AvgIpc) is 3.29. The number of hydrogen-bond donors (Lipinski definition) is 2. The van der Waals surface area contributed by atoms with E-state index in [-0.39, 0.29) is 16.6 Å². The molecule has 1 aliphatic carbocycles. The molecular formula is C17H20ClN5O3S. The minimum atomic E-state index is -0.539. The van der Waals surface area contributed by atoms with E-state index < -0.39 is 10.2 Å². The highest BCUT2D eigenvalue weighted by Gasteiger charge is 2.21. The topological polar surface area (TPSA) is 114 Å². The van der Waals surface area contributed by atoms with Crippen LogP contribution in [-0.4, -0.2) is 31.3 Å². The molecule has 1 heterocycles. The van der Waals surface area contributed by atoms with Crippen LogP contribution < -0.4 is 5.32 Å². The number of nitrogens with zero attached hydrogens (tertiary/aromatic N) is 3. The smallest absolute Gasteiger partial charge is 0.271 e. The fourth-order valence-corrected chi connectivity index (χ4v) is 4.04. The van der Waals surface area contributed by atoms with Gasteiger partial charge in [0.25, 0.3) is 5.69 Å². The maximum Gasteiger partial charge on any atom is 0.271 e. The third-order valence-corrected chi connectivity index (χ3v) is 5.81. The van der Waals surface area contributed by atoms with Crippen LogP contribution in [0.2, 0.25) is 5.02 Å². The van der Waals surface area contributed by atoms with Crippen LogP contribution in [0.1, 0.15) is 38.4 Å². The highest BCUT2D eigenvalue weighted by atomic mass is 35.5. The molecule has 1 amide bonds. The number of aromatic nitrogens is 3. The van der Waals surface area contributed by atoms with Gasteiger partial charge in [0.1, 0.15) is 5.82 Å². The average molecular weight is 410 g/mol. The Morgan fingerprint density at radius 3 is 2.89 bits per heavy atom. The summed E-state index contributed by atoms with van der Waals surface area (Å²) in [5.74, 6) is 1.24. The van der Waals surface area contributed by atoms with E-state index in [0.717, 1.165) is 12.2 Å². The number of thioether (sulfide) groups is 1. The standard InChI is InChI=1S/C17H20ClN5O3S/c1-10(16(24)19-14-7-6-12(23(25)26)9-13(14)18)27-17-20-15(21-22-17)8-11-4-2-3-5-11/h6-7,9-11H,2-5,8H2,1H3,(H,19,24)(H,20,21,22). The Balaban J connectivity index is 1.56. The van der Waals surface area contributed by atoms with Crippen molar-refractivity contribution in [3.8, 4) is 0 Å². The van der Waals surface area contributed by atoms with Gasteiger partial charge in [-0.2, -0.15) is 0 Å². The summed E-state index contributed by atoms with van der Waals surface area (Å²) in [5, 5.41) is 20.8. The molecule has 1 fully saturated rings. The number of benzene rings is 1. The molecule has 2 aromatic rings. The number of halogens is 1. The molecule has 0 radical (unpaired) electrons. The molecule has 144 valence electrons. The summed E-state index contributed by atoms with van der Waals surface area (Å²) in [5.41, 5.74) is 0.201. The van der Waals surface area contributed by atoms with Gasteiger partial charge in [-0.3, -0.25) is 20.0 Å². The zero-order valence-corrected chi connectivity index (χ0v) is 16.3. The van der Waals surface area contributed by atoms with Gasteiger partial charge in [-0.05, 0) is 18.9 Å². The second-order valence-electron chi connectivity index (χ2n) is 6.59. The van der Waals surface area contributed by atoms with Crippen LogP contribution in [-0.2, 0) is 11.2 Å². The van der Waals surface area contributed by atoms with Crippen molar-refractivity contribution in [2.24, 2.45) is 5.92 Å². The monoisotopic (exact) mass is 409 g/mol. The molecular weight excluding hydrogens is 390 g/mol. The van der Waals surface area contributed by atoms with Crippen molar-refractivity contribution in [2.45, 2.75) is 49.4 Å². The molecule has 1 saturated carbocycles. The van der Waals surface area contributed by atoms with Crippen molar-refractivity contribution in [1.29, 1.82) is 0 Å². The number of amides is 1. The predicted octanol–water partition coefficient (Wildman–Crippen LogP) is 4.22. The second-order valence-corrected chi connectivity index (χ2v) is 8.31. The largest absolute Gasteiger partial charge is 0.324 e. The van der Waals surface area contributed by atoms with E-state index in [9.17, 15) is 14.9 Å². The predicted molar refractivity (Wildman–Crippen MR) is 104 cm³/mol. The summed E-state index contributed by atoms with van der Waals surface area (Å²) < 4.78 is 0. The number of carbonyl (C=O) groups excluding carboxylic acids is 1. The first-order valence-corrected chi connectivity index (χ1v) is 10.0. The molecule has 0 bridgehead atoms. The first-order chi connectivity index (χ1) is 12.9. The number of nitro benzene ring substituents is 1. The van der Waals surface area contributed by atoms with Crippen LogP contribution in [0.3, 0.4) is 0 Å². The third-order valence-electron chi connectivity index (χ3n) is 4.54. The van der Waals surface area contributed by atoms with Gasteiger partial charge in [0, 0.05) is 18.6 Å². The fourth-order valence-electron chi connectivity index (χ4n) is 3.07. The van der Waals surface area contributed by atoms with E-state index >= 15 is 0 Å². The number of non-ortho nitro benzene ring substituents is 1. The molecule has 10 heteroatoms. The van der Waals surface area contributed by atoms with E-state index in [1.807, 2.05) is 0 Å². The number of anilines is 1. The highest BCUT2D eigenvalue weighted by molar-refractivity contribution is 8.00. The minimum Gasteiger partial charge on any atom is -0.324 e. The highest BCUT2D eigenvalue weighted by Crippen LogP contribution is 2.29. The molecule has 1 aromatic carbocycles. The molecule has 27 heavy (non-hydrogen) atoms. The molecule has 3 rings (SSSR count). The molecule has 1 unspecified atom stereocenters. The number of nitrogens with one attached hydrogen (secondary N) is 2. The van der Waals surface area contributed by atoms with Crippen LogP contribution in [0.25, 0.3) is 0 Å². The van der Waals surface area contributed by atoms with E-state index in [1.54, 1.807) is 6.92 Å². The number of nitro groups is 1. The number of carbonyl (C=O) groups is 1. The van der Waals surface area contributed by atoms with Crippen molar-refractivity contribution >= 4 is 40.6 Å². The lowest BCUT2D eigenvalue weighted by molar-refractivity contribution is -0.384. The lowest BCUT2D eigenvalue weighted by Crippen LogP contribution is -2.22. The van der Waals surface area contributed by atoms with Crippen molar-refractivity contribution in [3.05, 3.63) is 39.2 Å². The molecule has 0 saturated heterocycles. The Morgan fingerprint density at radius 1 is 1.48 bits per heavy atom. The molecule has 8 nitrogen and oxygen atoms in total. The van der Waals surface area contributed by atoms with Gasteiger partial charge in [0.05, 0.1) is 20.9 Å². The molecule has 0 aliphatic heterocycles. The first kappa shape index (κ1) is 19.6. The van der Waals surface area contributed by atoms with E-state index in [2.05, 4.69) is 20.5 Å². The second kappa shape index (κ2) is 8.71.